The van der Waals surface area contributed by atoms with Crippen molar-refractivity contribution in [3.05, 3.63) is 161 Å². The zero-order valence-electron chi connectivity index (χ0n) is 25.4. The molecule has 2 N–H and O–H groups in total. The van der Waals surface area contributed by atoms with Crippen LogP contribution in [0.1, 0.15) is 57.9 Å². The largest absolute Gasteiger partial charge is 0.507 e. The normalized spacial score (nSPS) is 11.0. The Hall–Kier alpha value is -4.58. The van der Waals surface area contributed by atoms with Crippen LogP contribution in [-0.2, 0) is 0 Å². The van der Waals surface area contributed by atoms with E-state index in [1.807, 2.05) is 6.07 Å². The Kier molecular flexibility index (Phi) is 13.5. The molecule has 6 heteroatoms. The molecule has 228 valence electrons. The summed E-state index contributed by atoms with van der Waals surface area (Å²) in [6, 6.07) is 44.3. The van der Waals surface area contributed by atoms with Crippen LogP contribution in [0.4, 0.5) is 0 Å². The van der Waals surface area contributed by atoms with Gasteiger partial charge in [-0.25, -0.2) is 0 Å². The molecule has 0 spiro atoms. The molecule has 1 atom stereocenters. The van der Waals surface area contributed by atoms with Crippen LogP contribution in [0.25, 0.3) is 0 Å². The second-order valence-electron chi connectivity index (χ2n) is 10.2. The number of methoxy groups -OCH3 is 2. The minimum absolute atomic E-state index is 0. The number of phenolic OH excluding ortho intramolecular Hbond substituents is 1. The molecule has 5 aromatic rings. The first kappa shape index (κ1) is 33.9. The van der Waals surface area contributed by atoms with Gasteiger partial charge >= 0.3 is 0 Å². The van der Waals surface area contributed by atoms with E-state index in [4.69, 9.17) is 9.47 Å². The standard InChI is InChI=1S/C23H25N.C15H14O4.ClH/c1-19(20-11-5-2-6-12-20)24-18-17-23(21-13-7-3-8-14-21)22-15-9-4-10-16-22;1-18-11-8-12(16)14(13(9-11)19-2)15(17)10-6-4-3-5-7-10;/h2-16,19,23-24H,17-18H2,1H3;3-9,16H,1-2H3;1H. The van der Waals surface area contributed by atoms with E-state index in [-0.39, 0.29) is 35.3 Å². The number of nitrogens with one attached hydrogen (secondary N) is 1. The molecule has 0 saturated heterocycles. The molecular weight excluding hydrogens is 570 g/mol. The molecule has 5 nitrogen and oxygen atoms in total. The van der Waals surface area contributed by atoms with Crippen LogP contribution in [-0.4, -0.2) is 31.7 Å². The van der Waals surface area contributed by atoms with Crippen LogP contribution in [0.15, 0.2) is 133 Å². The minimum Gasteiger partial charge on any atom is -0.507 e. The van der Waals surface area contributed by atoms with Crippen molar-refractivity contribution < 1.29 is 19.4 Å². The Balaban J connectivity index is 0.000000241. The van der Waals surface area contributed by atoms with Gasteiger partial charge in [0.1, 0.15) is 22.8 Å². The molecule has 0 aliphatic heterocycles. The fourth-order valence-corrected chi connectivity index (χ4v) is 5.02. The second kappa shape index (κ2) is 17.5. The second-order valence-corrected chi connectivity index (χ2v) is 10.2. The van der Waals surface area contributed by atoms with E-state index in [9.17, 15) is 9.90 Å². The van der Waals surface area contributed by atoms with E-state index in [0.717, 1.165) is 13.0 Å². The van der Waals surface area contributed by atoms with Crippen LogP contribution < -0.4 is 14.8 Å². The van der Waals surface area contributed by atoms with Crippen molar-refractivity contribution >= 4 is 18.2 Å². The molecule has 0 radical (unpaired) electrons. The average Bonchev–Trinajstić information content (AvgIpc) is 3.07. The molecule has 0 heterocycles. The van der Waals surface area contributed by atoms with Crippen LogP contribution in [0.3, 0.4) is 0 Å². The Morgan fingerprint density at radius 2 is 1.18 bits per heavy atom. The van der Waals surface area contributed by atoms with Crippen molar-refractivity contribution in [2.45, 2.75) is 25.3 Å². The molecule has 5 rings (SSSR count). The van der Waals surface area contributed by atoms with Crippen LogP contribution in [0.2, 0.25) is 0 Å². The molecule has 0 aromatic heterocycles. The van der Waals surface area contributed by atoms with Gasteiger partial charge in [0.15, 0.2) is 0 Å². The van der Waals surface area contributed by atoms with E-state index < -0.39 is 0 Å². The number of benzene rings is 5. The Morgan fingerprint density at radius 3 is 1.66 bits per heavy atom. The lowest BCUT2D eigenvalue weighted by Crippen LogP contribution is -2.21. The first-order valence-electron chi connectivity index (χ1n) is 14.4. The molecule has 0 fully saturated rings. The van der Waals surface area contributed by atoms with Gasteiger partial charge in [-0.05, 0) is 36.6 Å². The maximum Gasteiger partial charge on any atom is 0.200 e. The van der Waals surface area contributed by atoms with Gasteiger partial charge in [0.05, 0.1) is 14.2 Å². The summed E-state index contributed by atoms with van der Waals surface area (Å²) in [7, 11) is 2.92. The number of ether oxygens (including phenoxy) is 2. The highest BCUT2D eigenvalue weighted by Crippen LogP contribution is 2.35. The van der Waals surface area contributed by atoms with Crippen molar-refractivity contribution in [2.24, 2.45) is 0 Å². The summed E-state index contributed by atoms with van der Waals surface area (Å²) in [4.78, 5) is 12.4. The molecule has 0 aliphatic carbocycles. The lowest BCUT2D eigenvalue weighted by Gasteiger charge is -2.20. The van der Waals surface area contributed by atoms with Gasteiger partial charge in [-0.2, -0.15) is 0 Å². The fraction of sp³-hybridized carbons (Fsp3) is 0.184. The van der Waals surface area contributed by atoms with Gasteiger partial charge in [0.2, 0.25) is 5.78 Å². The molecule has 5 aromatic carbocycles. The summed E-state index contributed by atoms with van der Waals surface area (Å²) in [5.74, 6) is 0.690. The number of halogens is 1. The number of phenols is 1. The van der Waals surface area contributed by atoms with E-state index in [2.05, 4.69) is 103 Å². The Morgan fingerprint density at radius 1 is 0.705 bits per heavy atom. The highest BCUT2D eigenvalue weighted by molar-refractivity contribution is 6.12. The van der Waals surface area contributed by atoms with Crippen LogP contribution in [0.5, 0.6) is 17.2 Å². The quantitative estimate of drug-likeness (QED) is 0.147. The summed E-state index contributed by atoms with van der Waals surface area (Å²) in [5, 5.41) is 13.7. The monoisotopic (exact) mass is 609 g/mol. The zero-order valence-corrected chi connectivity index (χ0v) is 26.2. The third-order valence-corrected chi connectivity index (χ3v) is 7.36. The summed E-state index contributed by atoms with van der Waals surface area (Å²) in [5.41, 5.74) is 4.74. The Bertz CT molecular complexity index is 1510. The molecular formula is C38H40ClNO4. The predicted molar refractivity (Wildman–Crippen MR) is 181 cm³/mol. The van der Waals surface area contributed by atoms with Gasteiger partial charge in [-0.3, -0.25) is 4.79 Å². The Labute approximate surface area is 266 Å². The van der Waals surface area contributed by atoms with Crippen LogP contribution in [0, 0.1) is 0 Å². The number of ketones is 1. The number of carbonyl (C=O) groups is 1. The molecule has 44 heavy (non-hydrogen) atoms. The molecule has 0 amide bonds. The van der Waals surface area contributed by atoms with Crippen molar-refractivity contribution in [1.29, 1.82) is 0 Å². The number of carbonyl (C=O) groups excluding carboxylic acids is 1. The van der Waals surface area contributed by atoms with Gasteiger partial charge in [0.25, 0.3) is 0 Å². The number of hydrogen-bond donors (Lipinski definition) is 2. The van der Waals surface area contributed by atoms with E-state index >= 15 is 0 Å². The van der Waals surface area contributed by atoms with Gasteiger partial charge in [-0.15, -0.1) is 12.4 Å². The molecule has 1 unspecified atom stereocenters. The predicted octanol–water partition coefficient (Wildman–Crippen LogP) is 8.62. The van der Waals surface area contributed by atoms with E-state index in [1.165, 1.54) is 37.0 Å². The summed E-state index contributed by atoms with van der Waals surface area (Å²) < 4.78 is 10.2. The fourth-order valence-electron chi connectivity index (χ4n) is 5.02. The van der Waals surface area contributed by atoms with Gasteiger partial charge < -0.3 is 19.9 Å². The zero-order chi connectivity index (χ0) is 30.4. The van der Waals surface area contributed by atoms with Crippen molar-refractivity contribution in [3.63, 3.8) is 0 Å². The first-order chi connectivity index (χ1) is 21.0. The molecule has 0 bridgehead atoms. The van der Waals surface area contributed by atoms with E-state index in [0.29, 0.717) is 23.3 Å². The maximum absolute atomic E-state index is 12.4. The third kappa shape index (κ3) is 9.21. The number of aromatic hydroxyl groups is 1. The third-order valence-electron chi connectivity index (χ3n) is 7.36. The van der Waals surface area contributed by atoms with Crippen molar-refractivity contribution in [3.8, 4) is 17.2 Å². The van der Waals surface area contributed by atoms with Crippen molar-refractivity contribution in [2.75, 3.05) is 20.8 Å². The highest BCUT2D eigenvalue weighted by Gasteiger charge is 2.20. The summed E-state index contributed by atoms with van der Waals surface area (Å²) in [6.45, 7) is 3.22. The SMILES string of the molecule is CC(NCCC(c1ccccc1)c1ccccc1)c1ccccc1.COc1cc(O)c(C(=O)c2ccccc2)c(OC)c1.Cl. The highest BCUT2D eigenvalue weighted by atomic mass is 35.5. The first-order valence-corrected chi connectivity index (χ1v) is 14.4. The lowest BCUT2D eigenvalue weighted by molar-refractivity contribution is 0.103. The summed E-state index contributed by atoms with van der Waals surface area (Å²) in [6.07, 6.45) is 1.09. The van der Waals surface area contributed by atoms with Crippen molar-refractivity contribution in [1.82, 2.24) is 5.32 Å². The smallest absolute Gasteiger partial charge is 0.200 e. The average molecular weight is 610 g/mol. The van der Waals surface area contributed by atoms with E-state index in [1.54, 1.807) is 30.3 Å². The number of hydrogen-bond acceptors (Lipinski definition) is 5. The topological polar surface area (TPSA) is 67.8 Å². The maximum atomic E-state index is 12.4. The van der Waals surface area contributed by atoms with Gasteiger partial charge in [0, 0.05) is 29.7 Å². The molecule has 0 aliphatic rings. The molecule has 0 saturated carbocycles. The summed E-state index contributed by atoms with van der Waals surface area (Å²) >= 11 is 0. The minimum atomic E-state index is -0.294. The lowest BCUT2D eigenvalue weighted by atomic mass is 9.88. The van der Waals surface area contributed by atoms with Gasteiger partial charge in [-0.1, -0.05) is 121 Å². The number of rotatable bonds is 11. The van der Waals surface area contributed by atoms with Crippen LogP contribution >= 0.6 is 12.4 Å².